The van der Waals surface area contributed by atoms with Gasteiger partial charge in [-0.15, -0.1) is 0 Å². The number of halogens is 2. The zero-order valence-electron chi connectivity index (χ0n) is 47.6. The van der Waals surface area contributed by atoms with Gasteiger partial charge in [0.15, 0.2) is 5.78 Å². The maximum atomic E-state index is 13.3. The van der Waals surface area contributed by atoms with Gasteiger partial charge in [-0.1, -0.05) is 30.3 Å². The van der Waals surface area contributed by atoms with Gasteiger partial charge in [0.1, 0.15) is 22.3 Å². The number of hydroxylamine groups is 4. The smallest absolute Gasteiger partial charge is 0.349 e. The Hall–Kier alpha value is -6.51. The van der Waals surface area contributed by atoms with Gasteiger partial charge in [0.25, 0.3) is 5.91 Å². The van der Waals surface area contributed by atoms with Gasteiger partial charge in [-0.2, -0.15) is 10.1 Å². The number of nitrogens with one attached hydrogen (secondary N) is 3. The zero-order valence-corrected chi connectivity index (χ0v) is 51.9. The quantitative estimate of drug-likeness (QED) is 0.0211. The van der Waals surface area contributed by atoms with Crippen molar-refractivity contribution < 1.29 is 33.3 Å². The normalized spacial score (nSPS) is 17.4. The minimum absolute atomic E-state index is 0.0196. The summed E-state index contributed by atoms with van der Waals surface area (Å²) in [6.45, 7) is 23.3. The van der Waals surface area contributed by atoms with Crippen LogP contribution in [0.1, 0.15) is 112 Å². The van der Waals surface area contributed by atoms with E-state index < -0.39 is 33.8 Å². The van der Waals surface area contributed by atoms with Crippen LogP contribution in [0.15, 0.2) is 103 Å². The molecule has 6 heterocycles. The number of hydrogen-bond donors (Lipinski definition) is 5. The fourth-order valence-corrected chi connectivity index (χ4v) is 13.2. The molecule has 8 aromatic rings. The molecule has 0 saturated carbocycles. The number of nitrogens with zero attached hydrogens (tertiary/aromatic N) is 6. The molecule has 1 unspecified atom stereocenters. The van der Waals surface area contributed by atoms with Crippen molar-refractivity contribution in [2.45, 2.75) is 118 Å². The minimum Gasteiger partial charge on any atom is -0.422 e. The summed E-state index contributed by atoms with van der Waals surface area (Å²) < 4.78 is 17.4. The Labute approximate surface area is 495 Å². The van der Waals surface area contributed by atoms with Crippen LogP contribution in [0.5, 0.6) is 0 Å². The van der Waals surface area contributed by atoms with Crippen LogP contribution < -0.4 is 32.9 Å². The monoisotopic (exact) mass is 1330 g/mol. The maximum Gasteiger partial charge on any atom is 0.349 e. The number of aryl methyl sites for hydroxylation is 2. The highest BCUT2D eigenvalue weighted by atomic mass is 127. The molecule has 6 N–H and O–H groups in total. The molecule has 1 saturated heterocycles. The van der Waals surface area contributed by atoms with E-state index in [4.69, 9.17) is 29.4 Å². The molecule has 2 aliphatic rings. The SMILES string of the molecule is CC(=O)c1c(C)c2cc3nc(NCC4=CC(C)(C)N(O)C4(C)C)n(Cc4cccc(I)c4)c3cc2oc1=O.CON1C(C)(C)CC(C(=O)NCCNc2nc3cc4c(C)c(C(N)=O)c(=O)oc4cc3n2Cc2cccc(I)c2)C1(C)C. The first kappa shape index (κ1) is 59.1. The van der Waals surface area contributed by atoms with E-state index in [9.17, 15) is 29.2 Å². The fourth-order valence-electron chi connectivity index (χ4n) is 12.0. The van der Waals surface area contributed by atoms with Crippen LogP contribution >= 0.6 is 45.2 Å². The summed E-state index contributed by atoms with van der Waals surface area (Å²) in [6.07, 6.45) is 2.77. The number of primary amides is 1. The highest BCUT2D eigenvalue weighted by Crippen LogP contribution is 2.45. The molecular weight excluding hydrogens is 1260 g/mol. The number of fused-ring (bicyclic) bond motifs is 4. The predicted octanol–water partition coefficient (Wildman–Crippen LogP) is 10.1. The van der Waals surface area contributed by atoms with E-state index >= 15 is 0 Å². The third kappa shape index (κ3) is 11.4. The number of rotatable bonds is 15. The van der Waals surface area contributed by atoms with E-state index in [2.05, 4.69) is 104 Å². The number of Topliss-reactive ketones (excluding diaryl/α,β-unsaturated/α-hetero) is 1. The van der Waals surface area contributed by atoms with E-state index in [-0.39, 0.29) is 34.3 Å². The Morgan fingerprint density at radius 1 is 0.753 bits per heavy atom. The first-order valence-corrected chi connectivity index (χ1v) is 28.8. The van der Waals surface area contributed by atoms with E-state index in [1.165, 1.54) is 12.0 Å². The van der Waals surface area contributed by atoms with Gasteiger partial charge in [0.05, 0.1) is 64.8 Å². The topological polar surface area (TPSA) is 245 Å². The van der Waals surface area contributed by atoms with E-state index in [0.717, 1.165) is 40.4 Å². The molecule has 1 fully saturated rings. The highest BCUT2D eigenvalue weighted by molar-refractivity contribution is 14.1. The number of carbonyl (C=O) groups is 3. The van der Waals surface area contributed by atoms with Gasteiger partial charge in [-0.3, -0.25) is 14.4 Å². The average Bonchev–Trinajstić information content (AvgIpc) is 3.56. The zero-order chi connectivity index (χ0) is 58.8. The summed E-state index contributed by atoms with van der Waals surface area (Å²) >= 11 is 4.58. The lowest BCUT2D eigenvalue weighted by molar-refractivity contribution is -0.223. The van der Waals surface area contributed by atoms with Gasteiger partial charge in [0.2, 0.25) is 17.8 Å². The second-order valence-corrected chi connectivity index (χ2v) is 25.6. The van der Waals surface area contributed by atoms with Crippen LogP contribution in [0.2, 0.25) is 0 Å². The fraction of sp³-hybridized carbons (Fsp3) is 0.383. The first-order valence-electron chi connectivity index (χ1n) is 26.6. The lowest BCUT2D eigenvalue weighted by Gasteiger charge is -2.38. The minimum atomic E-state index is -0.832. The average molecular weight is 1330 g/mol. The number of anilines is 2. The largest absolute Gasteiger partial charge is 0.422 e. The van der Waals surface area contributed by atoms with Crippen molar-refractivity contribution in [3.05, 3.63) is 146 Å². The molecule has 2 amide bonds. The molecule has 0 aliphatic carbocycles. The Bertz CT molecular complexity index is 4000. The van der Waals surface area contributed by atoms with Crippen molar-refractivity contribution in [3.8, 4) is 0 Å². The highest BCUT2D eigenvalue weighted by Gasteiger charge is 2.55. The van der Waals surface area contributed by atoms with Crippen molar-refractivity contribution in [1.29, 1.82) is 0 Å². The number of imidazole rings is 2. The summed E-state index contributed by atoms with van der Waals surface area (Å²) in [7, 11) is 1.64. The molecule has 21 heteroatoms. The number of ketones is 1. The third-order valence-electron chi connectivity index (χ3n) is 15.8. The summed E-state index contributed by atoms with van der Waals surface area (Å²) in [6, 6.07) is 23.7. The summed E-state index contributed by atoms with van der Waals surface area (Å²) in [5.41, 5.74) is 10.2. The van der Waals surface area contributed by atoms with Crippen LogP contribution in [0.4, 0.5) is 11.9 Å². The van der Waals surface area contributed by atoms with Gasteiger partial charge in [-0.05, 0) is 192 Å². The van der Waals surface area contributed by atoms with Gasteiger partial charge < -0.3 is 49.7 Å². The number of nitrogens with two attached hydrogens (primary N) is 1. The number of aromatic nitrogens is 4. The number of benzene rings is 4. The van der Waals surface area contributed by atoms with Crippen molar-refractivity contribution >= 4 is 119 Å². The molecule has 1 atom stereocenters. The molecule has 81 heavy (non-hydrogen) atoms. The molecule has 426 valence electrons. The molecular formula is C60H68I2N10O9. The molecule has 0 spiro atoms. The molecule has 4 aromatic carbocycles. The summed E-state index contributed by atoms with van der Waals surface area (Å²) in [4.78, 5) is 77.8. The number of amides is 2. The Morgan fingerprint density at radius 2 is 1.26 bits per heavy atom. The van der Waals surface area contributed by atoms with Crippen LogP contribution in [0.3, 0.4) is 0 Å². The molecule has 4 aromatic heterocycles. The van der Waals surface area contributed by atoms with Gasteiger partial charge in [-0.25, -0.2) is 19.6 Å². The molecule has 0 radical (unpaired) electrons. The standard InChI is InChI=1S/C31H37IN6O5.C29H31IN4O4/c1-17-20-13-22-23(14-24(20)43-28(41)25(17)26(33)39)37(16-18-8-7-9-19(32)12-18)29(36-22)35-11-10-34-27(40)21-15-30(2,3)38(42-6)31(21,4)5;1-16-21-11-22-23(12-24(21)38-26(36)25(16)17(2)35)33(15-18-8-7-9-20(30)10-18)27(32-22)31-14-19-13-28(3,4)34(37)29(19,5)6/h7-9,12-14,21H,10-11,15-16H2,1-6H3,(H2,33,39)(H,34,40)(H,35,36);7-13,37H,14-15H2,1-6H3,(H,31,32). The second-order valence-electron chi connectivity index (χ2n) is 23.1. The van der Waals surface area contributed by atoms with Crippen LogP contribution in [0.25, 0.3) is 44.0 Å². The summed E-state index contributed by atoms with van der Waals surface area (Å²) in [5.74, 6) is -0.148. The Morgan fingerprint density at radius 3 is 1.72 bits per heavy atom. The second kappa shape index (κ2) is 22.3. The molecule has 2 aliphatic heterocycles. The lowest BCUT2D eigenvalue weighted by Crippen LogP contribution is -2.51. The Kier molecular flexibility index (Phi) is 16.3. The van der Waals surface area contributed by atoms with Gasteiger partial charge in [0, 0.05) is 55.2 Å². The third-order valence-corrected chi connectivity index (χ3v) is 17.1. The predicted molar refractivity (Wildman–Crippen MR) is 331 cm³/mol. The number of carbonyl (C=O) groups excluding carboxylic acids is 3. The maximum absolute atomic E-state index is 13.3. The molecule has 10 rings (SSSR count). The van der Waals surface area contributed by atoms with Crippen molar-refractivity contribution in [3.63, 3.8) is 0 Å². The van der Waals surface area contributed by atoms with E-state index in [1.54, 1.807) is 33.1 Å². The van der Waals surface area contributed by atoms with Crippen LogP contribution in [-0.2, 0) is 22.7 Å². The molecule has 0 bridgehead atoms. The number of hydrogen-bond acceptors (Lipinski definition) is 15. The van der Waals surface area contributed by atoms with Crippen molar-refractivity contribution in [2.75, 3.05) is 37.4 Å². The molecule has 19 nitrogen and oxygen atoms in total. The lowest BCUT2D eigenvalue weighted by atomic mass is 9.86. The summed E-state index contributed by atoms with van der Waals surface area (Å²) in [5, 5.41) is 25.3. The first-order chi connectivity index (χ1) is 38.0. The van der Waals surface area contributed by atoms with Gasteiger partial charge >= 0.3 is 11.3 Å². The van der Waals surface area contributed by atoms with Crippen molar-refractivity contribution in [2.24, 2.45) is 11.7 Å². The van der Waals surface area contributed by atoms with E-state index in [0.29, 0.717) is 89.6 Å². The van der Waals surface area contributed by atoms with E-state index in [1.807, 2.05) is 93.6 Å². The van der Waals surface area contributed by atoms with Crippen LogP contribution in [-0.4, -0.2) is 101 Å². The Balaban J connectivity index is 0.000000197. The van der Waals surface area contributed by atoms with Crippen molar-refractivity contribution in [1.82, 2.24) is 34.5 Å². The van der Waals surface area contributed by atoms with Crippen LogP contribution in [0, 0.1) is 26.9 Å².